The van der Waals surface area contributed by atoms with Gasteiger partial charge >= 0.3 is 6.09 Å². The molecule has 4 rings (SSSR count). The normalized spacial score (nSPS) is 15.7. The highest BCUT2D eigenvalue weighted by molar-refractivity contribution is 5.86. The molecule has 0 saturated carbocycles. The minimum atomic E-state index is -0.485. The molecule has 0 spiro atoms. The SMILES string of the molecule is CC(C)(C)OC(=O)N1CC=C(C2=CCc3ncc(-c4ccc(C#N)cc4)cc32)CC1. The Morgan fingerprint density at radius 2 is 1.93 bits per heavy atom. The van der Waals surface area contributed by atoms with E-state index in [4.69, 9.17) is 10.00 Å². The lowest BCUT2D eigenvalue weighted by Crippen LogP contribution is -2.39. The molecule has 0 radical (unpaired) electrons. The monoisotopic (exact) mass is 399 g/mol. The van der Waals surface area contributed by atoms with Crippen LogP contribution in [0.15, 0.2) is 54.3 Å². The Morgan fingerprint density at radius 1 is 1.17 bits per heavy atom. The summed E-state index contributed by atoms with van der Waals surface area (Å²) in [5, 5.41) is 9.00. The smallest absolute Gasteiger partial charge is 0.410 e. The first-order chi connectivity index (χ1) is 14.3. The molecule has 1 aromatic carbocycles. The molecule has 0 N–H and O–H groups in total. The van der Waals surface area contributed by atoms with Crippen molar-refractivity contribution in [1.29, 1.82) is 5.26 Å². The fourth-order valence-electron chi connectivity index (χ4n) is 3.80. The van der Waals surface area contributed by atoms with Crippen molar-refractivity contribution >= 4 is 11.7 Å². The summed E-state index contributed by atoms with van der Waals surface area (Å²) in [5.74, 6) is 0. The topological polar surface area (TPSA) is 66.2 Å². The van der Waals surface area contributed by atoms with Crippen molar-refractivity contribution in [2.45, 2.75) is 39.2 Å². The molecule has 0 fully saturated rings. The zero-order valence-corrected chi connectivity index (χ0v) is 17.6. The molecule has 0 saturated heterocycles. The fourth-order valence-corrected chi connectivity index (χ4v) is 3.80. The number of amides is 1. The highest BCUT2D eigenvalue weighted by atomic mass is 16.6. The number of fused-ring (bicyclic) bond motifs is 1. The van der Waals surface area contributed by atoms with Gasteiger partial charge in [-0.05, 0) is 62.1 Å². The van der Waals surface area contributed by atoms with Crippen molar-refractivity contribution in [2.75, 3.05) is 13.1 Å². The van der Waals surface area contributed by atoms with E-state index in [2.05, 4.69) is 29.3 Å². The van der Waals surface area contributed by atoms with Crippen LogP contribution < -0.4 is 0 Å². The third-order valence-electron chi connectivity index (χ3n) is 5.31. The molecular formula is C25H25N3O2. The van der Waals surface area contributed by atoms with Gasteiger partial charge in [-0.3, -0.25) is 4.98 Å². The lowest BCUT2D eigenvalue weighted by atomic mass is 9.94. The van der Waals surface area contributed by atoms with Crippen LogP contribution in [-0.4, -0.2) is 34.7 Å². The number of hydrogen-bond donors (Lipinski definition) is 0. The maximum atomic E-state index is 12.3. The molecule has 2 aromatic rings. The number of carbonyl (C=O) groups is 1. The second kappa shape index (κ2) is 7.79. The van der Waals surface area contributed by atoms with Crippen molar-refractivity contribution in [2.24, 2.45) is 0 Å². The van der Waals surface area contributed by atoms with Crippen molar-refractivity contribution < 1.29 is 9.53 Å². The molecule has 152 valence electrons. The van der Waals surface area contributed by atoms with Crippen LogP contribution in [0.2, 0.25) is 0 Å². The molecule has 5 heteroatoms. The lowest BCUT2D eigenvalue weighted by molar-refractivity contribution is 0.0267. The number of nitriles is 1. The van der Waals surface area contributed by atoms with Crippen molar-refractivity contribution in [3.05, 3.63) is 71.1 Å². The van der Waals surface area contributed by atoms with Gasteiger partial charge in [0.15, 0.2) is 0 Å². The van der Waals surface area contributed by atoms with Gasteiger partial charge in [0.1, 0.15) is 5.60 Å². The van der Waals surface area contributed by atoms with Crippen LogP contribution >= 0.6 is 0 Å². The van der Waals surface area contributed by atoms with Crippen LogP contribution in [0.4, 0.5) is 4.79 Å². The summed E-state index contributed by atoms with van der Waals surface area (Å²) in [7, 11) is 0. The van der Waals surface area contributed by atoms with Gasteiger partial charge in [0.25, 0.3) is 0 Å². The van der Waals surface area contributed by atoms with Gasteiger partial charge in [-0.15, -0.1) is 0 Å². The highest BCUT2D eigenvalue weighted by Crippen LogP contribution is 2.36. The molecule has 2 heterocycles. The zero-order valence-electron chi connectivity index (χ0n) is 17.6. The number of allylic oxidation sites excluding steroid dienone is 2. The Balaban J connectivity index is 1.53. The van der Waals surface area contributed by atoms with Crippen LogP contribution in [-0.2, 0) is 11.2 Å². The van der Waals surface area contributed by atoms with E-state index >= 15 is 0 Å². The van der Waals surface area contributed by atoms with Crippen LogP contribution in [0.5, 0.6) is 0 Å². The second-order valence-electron chi connectivity index (χ2n) is 8.64. The average Bonchev–Trinajstić information content (AvgIpc) is 3.16. The van der Waals surface area contributed by atoms with Crippen LogP contribution in [0, 0.1) is 11.3 Å². The summed E-state index contributed by atoms with van der Waals surface area (Å²) in [6, 6.07) is 11.9. The van der Waals surface area contributed by atoms with Crippen molar-refractivity contribution in [1.82, 2.24) is 9.88 Å². The minimum Gasteiger partial charge on any atom is -0.444 e. The van der Waals surface area contributed by atoms with Crippen LogP contribution in [0.25, 0.3) is 16.7 Å². The fraction of sp³-hybridized carbons (Fsp3) is 0.320. The highest BCUT2D eigenvalue weighted by Gasteiger charge is 2.26. The van der Waals surface area contributed by atoms with Crippen molar-refractivity contribution in [3.63, 3.8) is 0 Å². The molecule has 1 amide bonds. The first-order valence-electron chi connectivity index (χ1n) is 10.2. The molecule has 30 heavy (non-hydrogen) atoms. The Bertz CT molecular complexity index is 1080. The third kappa shape index (κ3) is 4.13. The van der Waals surface area contributed by atoms with Gasteiger partial charge in [-0.1, -0.05) is 24.3 Å². The standard InChI is InChI=1S/C25H25N3O2/c1-25(2,3)30-24(29)28-12-10-19(11-13-28)21-8-9-23-22(21)14-20(16-27-23)18-6-4-17(15-26)5-7-18/h4-8,10,14,16H,9,11-13H2,1-3H3. The van der Waals surface area contributed by atoms with Gasteiger partial charge in [0.05, 0.1) is 17.3 Å². The largest absolute Gasteiger partial charge is 0.444 e. The number of rotatable bonds is 2. The summed E-state index contributed by atoms with van der Waals surface area (Å²) >= 11 is 0. The Labute approximate surface area is 177 Å². The van der Waals surface area contributed by atoms with Gasteiger partial charge in [-0.25, -0.2) is 4.79 Å². The Kier molecular flexibility index (Phi) is 5.17. The molecule has 1 aliphatic heterocycles. The zero-order chi connectivity index (χ0) is 21.3. The Morgan fingerprint density at radius 3 is 2.57 bits per heavy atom. The number of nitrogens with zero attached hydrogens (tertiary/aromatic N) is 3. The maximum Gasteiger partial charge on any atom is 0.410 e. The van der Waals surface area contributed by atoms with E-state index in [1.54, 1.807) is 4.90 Å². The summed E-state index contributed by atoms with van der Waals surface area (Å²) in [5.41, 5.74) is 6.97. The summed E-state index contributed by atoms with van der Waals surface area (Å²) in [6.45, 7) is 6.86. The first kappa shape index (κ1) is 19.9. The van der Waals surface area contributed by atoms with Gasteiger partial charge in [0.2, 0.25) is 0 Å². The van der Waals surface area contributed by atoms with Gasteiger partial charge < -0.3 is 9.64 Å². The van der Waals surface area contributed by atoms with E-state index in [-0.39, 0.29) is 6.09 Å². The minimum absolute atomic E-state index is 0.261. The maximum absolute atomic E-state index is 12.3. The first-order valence-corrected chi connectivity index (χ1v) is 10.2. The molecular weight excluding hydrogens is 374 g/mol. The predicted octanol–water partition coefficient (Wildman–Crippen LogP) is 5.13. The van der Waals surface area contributed by atoms with Crippen LogP contribution in [0.3, 0.4) is 0 Å². The molecule has 5 nitrogen and oxygen atoms in total. The van der Waals surface area contributed by atoms with E-state index in [9.17, 15) is 4.79 Å². The van der Waals surface area contributed by atoms with Gasteiger partial charge in [0, 0.05) is 36.8 Å². The second-order valence-corrected chi connectivity index (χ2v) is 8.64. The Hall–Kier alpha value is -3.39. The third-order valence-corrected chi connectivity index (χ3v) is 5.31. The quantitative estimate of drug-likeness (QED) is 0.702. The number of ether oxygens (including phenoxy) is 1. The molecule has 0 bridgehead atoms. The van der Waals surface area contributed by atoms with E-state index in [1.807, 2.05) is 51.2 Å². The molecule has 1 aliphatic carbocycles. The van der Waals surface area contributed by atoms with E-state index < -0.39 is 5.60 Å². The molecule has 0 atom stereocenters. The number of hydrogen-bond acceptors (Lipinski definition) is 4. The lowest BCUT2D eigenvalue weighted by Gasteiger charge is -2.30. The molecule has 1 aromatic heterocycles. The predicted molar refractivity (Wildman–Crippen MR) is 117 cm³/mol. The number of carbonyl (C=O) groups excluding carboxylic acids is 1. The summed E-state index contributed by atoms with van der Waals surface area (Å²) in [6.07, 6.45) is 7.62. The molecule has 0 unspecified atom stereocenters. The van der Waals surface area contributed by atoms with Crippen molar-refractivity contribution in [3.8, 4) is 17.2 Å². The van der Waals surface area contributed by atoms with E-state index in [0.29, 0.717) is 18.7 Å². The van der Waals surface area contributed by atoms with Crippen LogP contribution in [0.1, 0.15) is 44.0 Å². The molecule has 2 aliphatic rings. The van der Waals surface area contributed by atoms with E-state index in [0.717, 1.165) is 35.2 Å². The van der Waals surface area contributed by atoms with E-state index in [1.165, 1.54) is 11.1 Å². The number of aromatic nitrogens is 1. The summed E-state index contributed by atoms with van der Waals surface area (Å²) < 4.78 is 5.49. The average molecular weight is 399 g/mol. The van der Waals surface area contributed by atoms with Gasteiger partial charge in [-0.2, -0.15) is 5.26 Å². The summed E-state index contributed by atoms with van der Waals surface area (Å²) in [4.78, 5) is 18.7. The number of benzene rings is 1. The number of pyridine rings is 1.